The number of aryl methyl sites for hydroxylation is 1. The molecular weight excluding hydrogens is 262 g/mol. The Hall–Kier alpha value is -1.55. The lowest BCUT2D eigenvalue weighted by Crippen LogP contribution is -2.46. The lowest BCUT2D eigenvalue weighted by molar-refractivity contribution is 0.0913. The molecule has 2 rings (SSSR count). The van der Waals surface area contributed by atoms with E-state index < -0.39 is 0 Å². The van der Waals surface area contributed by atoms with Gasteiger partial charge in [-0.3, -0.25) is 4.79 Å². The first-order chi connectivity index (χ1) is 10.1. The minimum atomic E-state index is 0.0360. The Balaban J connectivity index is 2.07. The fourth-order valence-electron chi connectivity index (χ4n) is 2.81. The van der Waals surface area contributed by atoms with Crippen molar-refractivity contribution in [2.24, 2.45) is 0 Å². The van der Waals surface area contributed by atoms with Gasteiger partial charge >= 0.3 is 0 Å². The van der Waals surface area contributed by atoms with Crippen LogP contribution < -0.4 is 10.6 Å². The van der Waals surface area contributed by atoms with E-state index in [-0.39, 0.29) is 11.9 Å². The van der Waals surface area contributed by atoms with Crippen LogP contribution in [-0.2, 0) is 0 Å². The second-order valence-corrected chi connectivity index (χ2v) is 6.05. The molecule has 4 nitrogen and oxygen atoms in total. The first-order valence-corrected chi connectivity index (χ1v) is 7.94. The molecule has 1 atom stereocenters. The van der Waals surface area contributed by atoms with E-state index in [1.165, 1.54) is 5.56 Å². The average molecular weight is 289 g/mol. The Morgan fingerprint density at radius 1 is 1.43 bits per heavy atom. The molecule has 0 aliphatic carbocycles. The van der Waals surface area contributed by atoms with Crippen LogP contribution in [0.3, 0.4) is 0 Å². The minimum absolute atomic E-state index is 0.0360. The molecule has 2 N–H and O–H groups in total. The molecule has 0 radical (unpaired) electrons. The molecule has 1 saturated heterocycles. The van der Waals surface area contributed by atoms with Gasteiger partial charge in [-0.2, -0.15) is 0 Å². The third-order valence-electron chi connectivity index (χ3n) is 3.94. The molecule has 1 aliphatic heterocycles. The molecule has 0 aromatic heterocycles. The second-order valence-electron chi connectivity index (χ2n) is 6.05. The van der Waals surface area contributed by atoms with E-state index >= 15 is 0 Å². The van der Waals surface area contributed by atoms with E-state index in [1.807, 2.05) is 12.1 Å². The van der Waals surface area contributed by atoms with Crippen molar-refractivity contribution in [1.29, 1.82) is 0 Å². The molecule has 1 aromatic carbocycles. The normalized spacial score (nSPS) is 19.3. The van der Waals surface area contributed by atoms with Crippen LogP contribution in [0.15, 0.2) is 18.2 Å². The standard InChI is InChI=1S/C17H27N3O/c1-4-9-18-16-11-13(2)7-8-15(16)17(21)19-14-6-5-10-20(3)12-14/h7-8,11,14,18H,4-6,9-10,12H2,1-3H3,(H,19,21). The lowest BCUT2D eigenvalue weighted by Gasteiger charge is -2.30. The highest BCUT2D eigenvalue weighted by molar-refractivity contribution is 5.99. The van der Waals surface area contributed by atoms with Gasteiger partial charge in [-0.15, -0.1) is 0 Å². The van der Waals surface area contributed by atoms with Crippen molar-refractivity contribution in [2.75, 3.05) is 32.0 Å². The van der Waals surface area contributed by atoms with E-state index in [2.05, 4.69) is 42.5 Å². The number of amides is 1. The fourth-order valence-corrected chi connectivity index (χ4v) is 2.81. The zero-order valence-electron chi connectivity index (χ0n) is 13.4. The van der Waals surface area contributed by atoms with Crippen molar-refractivity contribution in [3.8, 4) is 0 Å². The molecule has 1 heterocycles. The number of benzene rings is 1. The van der Waals surface area contributed by atoms with Crippen LogP contribution >= 0.6 is 0 Å². The van der Waals surface area contributed by atoms with Crippen molar-refractivity contribution in [2.45, 2.75) is 39.2 Å². The highest BCUT2D eigenvalue weighted by Gasteiger charge is 2.20. The maximum Gasteiger partial charge on any atom is 0.253 e. The third kappa shape index (κ3) is 4.46. The molecular formula is C17H27N3O. The number of carbonyl (C=O) groups is 1. The Morgan fingerprint density at radius 3 is 2.95 bits per heavy atom. The van der Waals surface area contributed by atoms with Gasteiger partial charge in [0.05, 0.1) is 5.56 Å². The first-order valence-electron chi connectivity index (χ1n) is 7.94. The quantitative estimate of drug-likeness (QED) is 0.876. The van der Waals surface area contributed by atoms with Gasteiger partial charge in [0.1, 0.15) is 0 Å². The summed E-state index contributed by atoms with van der Waals surface area (Å²) < 4.78 is 0. The highest BCUT2D eigenvalue weighted by Crippen LogP contribution is 2.18. The predicted octanol–water partition coefficient (Wildman–Crippen LogP) is 2.64. The van der Waals surface area contributed by atoms with Gasteiger partial charge in [-0.25, -0.2) is 0 Å². The number of rotatable bonds is 5. The van der Waals surface area contributed by atoms with Crippen LogP contribution in [0.2, 0.25) is 0 Å². The van der Waals surface area contributed by atoms with Crippen LogP contribution in [0.5, 0.6) is 0 Å². The predicted molar refractivity (Wildman–Crippen MR) is 87.9 cm³/mol. The number of anilines is 1. The van der Waals surface area contributed by atoms with Crippen LogP contribution in [0.4, 0.5) is 5.69 Å². The summed E-state index contributed by atoms with van der Waals surface area (Å²) in [4.78, 5) is 14.8. The topological polar surface area (TPSA) is 44.4 Å². The lowest BCUT2D eigenvalue weighted by atomic mass is 10.0. The average Bonchev–Trinajstić information content (AvgIpc) is 2.45. The van der Waals surface area contributed by atoms with Gasteiger partial charge in [0.25, 0.3) is 5.91 Å². The maximum atomic E-state index is 12.5. The molecule has 1 fully saturated rings. The van der Waals surface area contributed by atoms with Gasteiger partial charge in [0, 0.05) is 24.8 Å². The summed E-state index contributed by atoms with van der Waals surface area (Å²) in [5.74, 6) is 0.0360. The summed E-state index contributed by atoms with van der Waals surface area (Å²) in [6.45, 7) is 7.13. The van der Waals surface area contributed by atoms with Gasteiger partial charge in [0.2, 0.25) is 0 Å². The van der Waals surface area contributed by atoms with Crippen molar-refractivity contribution in [3.63, 3.8) is 0 Å². The first kappa shape index (κ1) is 15.8. The van der Waals surface area contributed by atoms with Gasteiger partial charge in [0.15, 0.2) is 0 Å². The van der Waals surface area contributed by atoms with Crippen molar-refractivity contribution in [3.05, 3.63) is 29.3 Å². The molecule has 21 heavy (non-hydrogen) atoms. The molecule has 1 unspecified atom stereocenters. The zero-order chi connectivity index (χ0) is 15.2. The maximum absolute atomic E-state index is 12.5. The third-order valence-corrected chi connectivity index (χ3v) is 3.94. The monoisotopic (exact) mass is 289 g/mol. The Kier molecular flexibility index (Phi) is 5.62. The summed E-state index contributed by atoms with van der Waals surface area (Å²) in [7, 11) is 2.11. The number of hydrogen-bond donors (Lipinski definition) is 2. The fraction of sp³-hybridized carbons (Fsp3) is 0.588. The smallest absolute Gasteiger partial charge is 0.253 e. The van der Waals surface area contributed by atoms with Gasteiger partial charge in [-0.1, -0.05) is 13.0 Å². The van der Waals surface area contributed by atoms with Crippen LogP contribution in [-0.4, -0.2) is 43.5 Å². The largest absolute Gasteiger partial charge is 0.384 e. The number of likely N-dealkylation sites (tertiary alicyclic amines) is 1. The summed E-state index contributed by atoms with van der Waals surface area (Å²) in [5.41, 5.74) is 2.86. The number of hydrogen-bond acceptors (Lipinski definition) is 3. The summed E-state index contributed by atoms with van der Waals surface area (Å²) in [6, 6.07) is 6.24. The number of nitrogens with one attached hydrogen (secondary N) is 2. The molecule has 1 aliphatic rings. The van der Waals surface area contributed by atoms with E-state index in [0.717, 1.165) is 50.1 Å². The number of nitrogens with zero attached hydrogens (tertiary/aromatic N) is 1. The number of carbonyl (C=O) groups excluding carboxylic acids is 1. The van der Waals surface area contributed by atoms with Crippen LogP contribution in [0.25, 0.3) is 0 Å². The molecule has 1 amide bonds. The number of likely N-dealkylation sites (N-methyl/N-ethyl adjacent to an activating group) is 1. The molecule has 0 saturated carbocycles. The van der Waals surface area contributed by atoms with Crippen molar-refractivity contribution >= 4 is 11.6 Å². The zero-order valence-corrected chi connectivity index (χ0v) is 13.4. The molecule has 116 valence electrons. The van der Waals surface area contributed by atoms with E-state index in [9.17, 15) is 4.79 Å². The van der Waals surface area contributed by atoms with Gasteiger partial charge < -0.3 is 15.5 Å². The highest BCUT2D eigenvalue weighted by atomic mass is 16.1. The Morgan fingerprint density at radius 2 is 2.24 bits per heavy atom. The Bertz CT molecular complexity index is 487. The molecule has 1 aromatic rings. The van der Waals surface area contributed by atoms with E-state index in [0.29, 0.717) is 0 Å². The minimum Gasteiger partial charge on any atom is -0.384 e. The molecule has 0 spiro atoms. The van der Waals surface area contributed by atoms with E-state index in [4.69, 9.17) is 0 Å². The Labute approximate surface area is 127 Å². The number of piperidine rings is 1. The van der Waals surface area contributed by atoms with Gasteiger partial charge in [-0.05, 0) is 57.5 Å². The summed E-state index contributed by atoms with van der Waals surface area (Å²) >= 11 is 0. The van der Waals surface area contributed by atoms with Crippen molar-refractivity contribution in [1.82, 2.24) is 10.2 Å². The molecule has 4 heteroatoms. The summed E-state index contributed by atoms with van der Waals surface area (Å²) in [6.07, 6.45) is 3.26. The van der Waals surface area contributed by atoms with Crippen LogP contribution in [0, 0.1) is 6.92 Å². The van der Waals surface area contributed by atoms with Crippen LogP contribution in [0.1, 0.15) is 42.1 Å². The van der Waals surface area contributed by atoms with E-state index in [1.54, 1.807) is 0 Å². The summed E-state index contributed by atoms with van der Waals surface area (Å²) in [5, 5.41) is 6.54. The second kappa shape index (κ2) is 7.46. The molecule has 0 bridgehead atoms. The SMILES string of the molecule is CCCNc1cc(C)ccc1C(=O)NC1CCCN(C)C1. The van der Waals surface area contributed by atoms with Crippen molar-refractivity contribution < 1.29 is 4.79 Å².